The van der Waals surface area contributed by atoms with Gasteiger partial charge >= 0.3 is 0 Å². The standard InChI is InChI=1S/C9H9FN2O/c10-8-6(9(11)13)3-4-7(12-8)5-1-2-5/h3-5H,1-2H2,(H2,11,13). The van der Waals surface area contributed by atoms with Crippen LogP contribution in [-0.2, 0) is 0 Å². The Morgan fingerprint density at radius 3 is 2.69 bits per heavy atom. The highest BCUT2D eigenvalue weighted by Crippen LogP contribution is 2.38. The minimum absolute atomic E-state index is 0.135. The topological polar surface area (TPSA) is 56.0 Å². The number of aromatic nitrogens is 1. The number of carbonyl (C=O) groups excluding carboxylic acids is 1. The summed E-state index contributed by atoms with van der Waals surface area (Å²) in [4.78, 5) is 14.3. The first kappa shape index (κ1) is 8.16. The summed E-state index contributed by atoms with van der Waals surface area (Å²) in [5, 5.41) is 0. The normalized spacial score (nSPS) is 15.8. The molecule has 1 amide bonds. The van der Waals surface area contributed by atoms with Crippen LogP contribution < -0.4 is 5.73 Å². The zero-order chi connectivity index (χ0) is 9.42. The molecule has 0 spiro atoms. The van der Waals surface area contributed by atoms with Crippen LogP contribution in [0.4, 0.5) is 4.39 Å². The average Bonchev–Trinajstić information content (AvgIpc) is 2.85. The van der Waals surface area contributed by atoms with Gasteiger partial charge < -0.3 is 5.73 Å². The Hall–Kier alpha value is -1.45. The molecule has 1 aliphatic rings. The smallest absolute Gasteiger partial charge is 0.253 e. The van der Waals surface area contributed by atoms with Crippen LogP contribution in [0.3, 0.4) is 0 Å². The SMILES string of the molecule is NC(=O)c1ccc(C2CC2)nc1F. The van der Waals surface area contributed by atoms with Crippen molar-refractivity contribution in [3.63, 3.8) is 0 Å². The molecule has 0 aromatic carbocycles. The molecule has 1 aromatic rings. The Morgan fingerprint density at radius 2 is 2.23 bits per heavy atom. The minimum Gasteiger partial charge on any atom is -0.365 e. The fourth-order valence-corrected chi connectivity index (χ4v) is 1.24. The van der Waals surface area contributed by atoms with Crippen molar-refractivity contribution in [1.82, 2.24) is 4.98 Å². The third-order valence-corrected chi connectivity index (χ3v) is 2.13. The number of halogens is 1. The van der Waals surface area contributed by atoms with Gasteiger partial charge in [0.15, 0.2) is 0 Å². The molecule has 0 atom stereocenters. The van der Waals surface area contributed by atoms with Crippen molar-refractivity contribution in [2.75, 3.05) is 0 Å². The van der Waals surface area contributed by atoms with Crippen molar-refractivity contribution in [1.29, 1.82) is 0 Å². The monoisotopic (exact) mass is 180 g/mol. The van der Waals surface area contributed by atoms with Crippen molar-refractivity contribution >= 4 is 5.91 Å². The third kappa shape index (κ3) is 1.52. The third-order valence-electron chi connectivity index (χ3n) is 2.13. The highest BCUT2D eigenvalue weighted by Gasteiger charge is 2.26. The van der Waals surface area contributed by atoms with Crippen LogP contribution in [0.2, 0.25) is 0 Å². The van der Waals surface area contributed by atoms with E-state index >= 15 is 0 Å². The van der Waals surface area contributed by atoms with E-state index in [0.29, 0.717) is 5.92 Å². The Bertz CT molecular complexity index is 361. The zero-order valence-corrected chi connectivity index (χ0v) is 6.96. The number of primary amides is 1. The molecule has 1 aliphatic carbocycles. The van der Waals surface area contributed by atoms with Gasteiger partial charge in [0.2, 0.25) is 5.95 Å². The van der Waals surface area contributed by atoms with Crippen LogP contribution in [0.25, 0.3) is 0 Å². The van der Waals surface area contributed by atoms with Gasteiger partial charge in [-0.1, -0.05) is 0 Å². The van der Waals surface area contributed by atoms with Gasteiger partial charge in [-0.3, -0.25) is 4.79 Å². The van der Waals surface area contributed by atoms with E-state index in [-0.39, 0.29) is 5.56 Å². The maximum Gasteiger partial charge on any atom is 0.253 e. The molecule has 1 aromatic heterocycles. The summed E-state index contributed by atoms with van der Waals surface area (Å²) in [6.45, 7) is 0. The van der Waals surface area contributed by atoms with E-state index in [4.69, 9.17) is 5.73 Å². The quantitative estimate of drug-likeness (QED) is 0.695. The summed E-state index contributed by atoms with van der Waals surface area (Å²) in [5.41, 5.74) is 5.53. The molecular weight excluding hydrogens is 171 g/mol. The molecule has 0 aliphatic heterocycles. The number of hydrogen-bond donors (Lipinski definition) is 1. The van der Waals surface area contributed by atoms with E-state index in [9.17, 15) is 9.18 Å². The maximum absolute atomic E-state index is 13.1. The first-order valence-electron chi connectivity index (χ1n) is 4.14. The predicted octanol–water partition coefficient (Wildman–Crippen LogP) is 1.20. The second-order valence-corrected chi connectivity index (χ2v) is 3.21. The van der Waals surface area contributed by atoms with Crippen LogP contribution in [0.15, 0.2) is 12.1 Å². The number of hydrogen-bond acceptors (Lipinski definition) is 2. The van der Waals surface area contributed by atoms with Gasteiger partial charge in [0, 0.05) is 11.6 Å². The molecule has 2 rings (SSSR count). The molecule has 3 nitrogen and oxygen atoms in total. The molecule has 1 saturated carbocycles. The molecule has 0 radical (unpaired) electrons. The average molecular weight is 180 g/mol. The van der Waals surface area contributed by atoms with Gasteiger partial charge in [0.1, 0.15) is 0 Å². The molecule has 1 heterocycles. The van der Waals surface area contributed by atoms with Gasteiger partial charge in [-0.15, -0.1) is 0 Å². The highest BCUT2D eigenvalue weighted by atomic mass is 19.1. The van der Waals surface area contributed by atoms with E-state index in [1.165, 1.54) is 6.07 Å². The van der Waals surface area contributed by atoms with Gasteiger partial charge in [0.05, 0.1) is 5.56 Å². The lowest BCUT2D eigenvalue weighted by Gasteiger charge is -2.00. The summed E-state index contributed by atoms with van der Waals surface area (Å²) in [6.07, 6.45) is 2.12. The fourth-order valence-electron chi connectivity index (χ4n) is 1.24. The Balaban J connectivity index is 2.36. The van der Waals surface area contributed by atoms with E-state index < -0.39 is 11.9 Å². The first-order valence-corrected chi connectivity index (χ1v) is 4.14. The Labute approximate surface area is 74.8 Å². The van der Waals surface area contributed by atoms with Crippen molar-refractivity contribution in [3.8, 4) is 0 Å². The Kier molecular flexibility index (Phi) is 1.76. The second kappa shape index (κ2) is 2.80. The van der Waals surface area contributed by atoms with Crippen molar-refractivity contribution in [3.05, 3.63) is 29.3 Å². The number of amides is 1. The van der Waals surface area contributed by atoms with Gasteiger partial charge in [-0.25, -0.2) is 4.98 Å². The largest absolute Gasteiger partial charge is 0.365 e. The van der Waals surface area contributed by atoms with E-state index in [0.717, 1.165) is 18.5 Å². The van der Waals surface area contributed by atoms with Crippen LogP contribution in [0, 0.1) is 5.95 Å². The zero-order valence-electron chi connectivity index (χ0n) is 6.96. The van der Waals surface area contributed by atoms with E-state index in [2.05, 4.69) is 4.98 Å². The molecule has 2 N–H and O–H groups in total. The molecular formula is C9H9FN2O. The summed E-state index contributed by atoms with van der Waals surface area (Å²) >= 11 is 0. The number of nitrogens with zero attached hydrogens (tertiary/aromatic N) is 1. The number of pyridine rings is 1. The molecule has 13 heavy (non-hydrogen) atoms. The molecule has 68 valence electrons. The second-order valence-electron chi connectivity index (χ2n) is 3.21. The van der Waals surface area contributed by atoms with E-state index in [1.807, 2.05) is 0 Å². The van der Waals surface area contributed by atoms with Crippen LogP contribution in [0.5, 0.6) is 0 Å². The Morgan fingerprint density at radius 1 is 1.54 bits per heavy atom. The lowest BCUT2D eigenvalue weighted by molar-refractivity contribution is 0.0995. The highest BCUT2D eigenvalue weighted by molar-refractivity contribution is 5.92. The maximum atomic E-state index is 13.1. The summed E-state index contributed by atoms with van der Waals surface area (Å²) in [5.74, 6) is -1.14. The molecule has 4 heteroatoms. The van der Waals surface area contributed by atoms with Crippen molar-refractivity contribution in [2.45, 2.75) is 18.8 Å². The molecule has 0 saturated heterocycles. The fraction of sp³-hybridized carbons (Fsp3) is 0.333. The van der Waals surface area contributed by atoms with E-state index in [1.54, 1.807) is 6.07 Å². The summed E-state index contributed by atoms with van der Waals surface area (Å²) in [7, 11) is 0. The lowest BCUT2D eigenvalue weighted by Crippen LogP contribution is -2.14. The van der Waals surface area contributed by atoms with Crippen molar-refractivity contribution in [2.24, 2.45) is 5.73 Å². The van der Waals surface area contributed by atoms with Gasteiger partial charge in [-0.05, 0) is 25.0 Å². The number of nitrogens with two attached hydrogens (primary N) is 1. The van der Waals surface area contributed by atoms with Crippen LogP contribution >= 0.6 is 0 Å². The van der Waals surface area contributed by atoms with Crippen LogP contribution in [-0.4, -0.2) is 10.9 Å². The molecule has 0 unspecified atom stereocenters. The number of rotatable bonds is 2. The summed E-state index contributed by atoms with van der Waals surface area (Å²) < 4.78 is 13.1. The minimum atomic E-state index is -0.771. The predicted molar refractivity (Wildman–Crippen MR) is 44.7 cm³/mol. The van der Waals surface area contributed by atoms with Gasteiger partial charge in [-0.2, -0.15) is 4.39 Å². The van der Waals surface area contributed by atoms with Crippen LogP contribution in [0.1, 0.15) is 34.8 Å². The molecule has 1 fully saturated rings. The summed E-state index contributed by atoms with van der Waals surface area (Å²) in [6, 6.07) is 3.07. The van der Waals surface area contributed by atoms with Gasteiger partial charge in [0.25, 0.3) is 5.91 Å². The number of carbonyl (C=O) groups is 1. The lowest BCUT2D eigenvalue weighted by atomic mass is 10.2. The van der Waals surface area contributed by atoms with Crippen molar-refractivity contribution < 1.29 is 9.18 Å². The first-order chi connectivity index (χ1) is 6.18. The molecule has 0 bridgehead atoms.